The van der Waals surface area contributed by atoms with Gasteiger partial charge in [0.1, 0.15) is 0 Å². The predicted octanol–water partition coefficient (Wildman–Crippen LogP) is 2.33. The van der Waals surface area contributed by atoms with E-state index in [9.17, 15) is 9.36 Å². The third-order valence-electron chi connectivity index (χ3n) is 2.10. The SMILES string of the molecule is CON(c1ccccc1)C(C)C(=O)OP(=O)(O)Cl. The first-order valence-corrected chi connectivity index (χ1v) is 7.47. The molecule has 0 fully saturated rings. The zero-order valence-electron chi connectivity index (χ0n) is 9.82. The monoisotopic (exact) mass is 293 g/mol. The van der Waals surface area contributed by atoms with Crippen LogP contribution in [0.3, 0.4) is 0 Å². The number of benzene rings is 1. The van der Waals surface area contributed by atoms with E-state index in [1.807, 2.05) is 0 Å². The maximum absolute atomic E-state index is 11.6. The maximum Gasteiger partial charge on any atom is 0.476 e. The third kappa shape index (κ3) is 4.31. The molecule has 0 radical (unpaired) electrons. The number of para-hydroxylation sites is 1. The summed E-state index contributed by atoms with van der Waals surface area (Å²) in [5.41, 5.74) is 0.604. The Hall–Kier alpha value is -1.07. The molecule has 0 amide bonds. The minimum absolute atomic E-state index is 0.604. The molecule has 8 heteroatoms. The second-order valence-corrected chi connectivity index (χ2v) is 5.75. The summed E-state index contributed by atoms with van der Waals surface area (Å²) in [4.78, 5) is 25.4. The van der Waals surface area contributed by atoms with Crippen molar-refractivity contribution in [3.63, 3.8) is 0 Å². The van der Waals surface area contributed by atoms with Crippen molar-refractivity contribution in [2.45, 2.75) is 13.0 Å². The van der Waals surface area contributed by atoms with E-state index in [1.54, 1.807) is 30.3 Å². The van der Waals surface area contributed by atoms with Gasteiger partial charge < -0.3 is 9.42 Å². The Morgan fingerprint density at radius 1 is 1.44 bits per heavy atom. The van der Waals surface area contributed by atoms with Gasteiger partial charge in [-0.1, -0.05) is 18.2 Å². The topological polar surface area (TPSA) is 76.1 Å². The quantitative estimate of drug-likeness (QED) is 0.663. The molecule has 1 N–H and O–H groups in total. The number of hydrogen-bond donors (Lipinski definition) is 1. The lowest BCUT2D eigenvalue weighted by Gasteiger charge is -2.26. The lowest BCUT2D eigenvalue weighted by atomic mass is 10.2. The van der Waals surface area contributed by atoms with Crippen molar-refractivity contribution in [2.24, 2.45) is 0 Å². The second kappa shape index (κ2) is 6.20. The molecule has 0 aliphatic rings. The molecule has 1 rings (SSSR count). The number of rotatable bonds is 5. The average Bonchev–Trinajstić information content (AvgIpc) is 2.29. The smallest absolute Gasteiger partial charge is 0.379 e. The van der Waals surface area contributed by atoms with Gasteiger partial charge >= 0.3 is 12.9 Å². The van der Waals surface area contributed by atoms with Crippen LogP contribution < -0.4 is 5.06 Å². The molecule has 0 saturated heterocycles. The molecule has 2 unspecified atom stereocenters. The van der Waals surface area contributed by atoms with Crippen LogP contribution in [0.25, 0.3) is 0 Å². The number of halogens is 1. The summed E-state index contributed by atoms with van der Waals surface area (Å²) in [6.45, 7) is -2.91. The van der Waals surface area contributed by atoms with Gasteiger partial charge in [-0.25, -0.2) is 14.4 Å². The third-order valence-corrected chi connectivity index (χ3v) is 2.71. The summed E-state index contributed by atoms with van der Waals surface area (Å²) in [6.07, 6.45) is 0. The molecule has 1 aromatic carbocycles. The first-order chi connectivity index (χ1) is 8.35. The van der Waals surface area contributed by atoms with Gasteiger partial charge in [0.25, 0.3) is 0 Å². The highest BCUT2D eigenvalue weighted by molar-refractivity contribution is 7.80. The summed E-state index contributed by atoms with van der Waals surface area (Å²) in [6, 6.07) is 7.84. The van der Waals surface area contributed by atoms with Crippen molar-refractivity contribution in [3.05, 3.63) is 30.3 Å². The van der Waals surface area contributed by atoms with Gasteiger partial charge in [-0.05, 0) is 19.1 Å². The molecule has 0 bridgehead atoms. The lowest BCUT2D eigenvalue weighted by molar-refractivity contribution is -0.137. The van der Waals surface area contributed by atoms with Crippen molar-refractivity contribution in [1.82, 2.24) is 0 Å². The Labute approximate surface area is 109 Å². The van der Waals surface area contributed by atoms with Crippen molar-refractivity contribution >= 4 is 29.8 Å². The Bertz CT molecular complexity index is 449. The van der Waals surface area contributed by atoms with Crippen molar-refractivity contribution < 1.29 is 23.6 Å². The summed E-state index contributed by atoms with van der Waals surface area (Å²) in [5, 5.41) is 1.24. The highest BCUT2D eigenvalue weighted by atomic mass is 35.7. The maximum atomic E-state index is 11.6. The molecule has 0 aliphatic heterocycles. The van der Waals surface area contributed by atoms with Crippen LogP contribution in [-0.4, -0.2) is 24.0 Å². The number of hydrogen-bond acceptors (Lipinski definition) is 5. The predicted molar refractivity (Wildman–Crippen MR) is 67.2 cm³/mol. The number of anilines is 1. The van der Waals surface area contributed by atoms with E-state index in [1.165, 1.54) is 19.1 Å². The van der Waals surface area contributed by atoms with Crippen molar-refractivity contribution in [3.8, 4) is 0 Å². The largest absolute Gasteiger partial charge is 0.476 e. The van der Waals surface area contributed by atoms with E-state index in [4.69, 9.17) is 21.0 Å². The molecular formula is C10H13ClNO5P. The first-order valence-electron chi connectivity index (χ1n) is 4.99. The molecule has 0 aromatic heterocycles. The highest BCUT2D eigenvalue weighted by Gasteiger charge is 2.29. The van der Waals surface area contributed by atoms with Gasteiger partial charge in [-0.2, -0.15) is 0 Å². The van der Waals surface area contributed by atoms with Gasteiger partial charge in [0.2, 0.25) is 0 Å². The zero-order chi connectivity index (χ0) is 13.8. The van der Waals surface area contributed by atoms with Crippen molar-refractivity contribution in [2.75, 3.05) is 12.2 Å². The Kier molecular flexibility index (Phi) is 5.16. The molecule has 6 nitrogen and oxygen atoms in total. The summed E-state index contributed by atoms with van der Waals surface area (Å²) < 4.78 is 15.0. The Morgan fingerprint density at radius 2 is 2.00 bits per heavy atom. The van der Waals surface area contributed by atoms with Gasteiger partial charge in [0.05, 0.1) is 12.8 Å². The Balaban J connectivity index is 2.83. The number of nitrogens with zero attached hydrogens (tertiary/aromatic N) is 1. The summed E-state index contributed by atoms with van der Waals surface area (Å²) in [7, 11) is 1.37. The number of carbonyl (C=O) groups excluding carboxylic acids is 1. The van der Waals surface area contributed by atoms with Crippen LogP contribution in [0, 0.1) is 0 Å². The normalized spacial score (nSPS) is 15.6. The molecule has 2 atom stereocenters. The standard InChI is InChI=1S/C10H13ClNO5P/c1-8(10(13)17-18(11,14)15)12(16-2)9-6-4-3-5-7-9/h3-8H,1-2H3,(H,14,15). The minimum Gasteiger partial charge on any atom is -0.379 e. The van der Waals surface area contributed by atoms with E-state index in [0.717, 1.165) is 0 Å². The summed E-state index contributed by atoms with van der Waals surface area (Å²) in [5.74, 6) is -0.957. The number of carbonyl (C=O) groups is 1. The van der Waals surface area contributed by atoms with E-state index in [2.05, 4.69) is 4.52 Å². The fourth-order valence-corrected chi connectivity index (χ4v) is 1.92. The lowest BCUT2D eigenvalue weighted by Crippen LogP contribution is -2.38. The molecular weight excluding hydrogens is 281 g/mol. The van der Waals surface area contributed by atoms with Crippen LogP contribution in [-0.2, 0) is 18.7 Å². The van der Waals surface area contributed by atoms with Crippen LogP contribution >= 0.6 is 18.2 Å². The fraction of sp³-hybridized carbons (Fsp3) is 0.300. The van der Waals surface area contributed by atoms with Gasteiger partial charge in [-0.3, -0.25) is 4.84 Å². The summed E-state index contributed by atoms with van der Waals surface area (Å²) >= 11 is 4.97. The molecule has 100 valence electrons. The van der Waals surface area contributed by atoms with Crippen LogP contribution in [0.4, 0.5) is 5.69 Å². The van der Waals surface area contributed by atoms with Gasteiger partial charge in [-0.15, -0.1) is 0 Å². The van der Waals surface area contributed by atoms with Gasteiger partial charge in [0, 0.05) is 11.2 Å². The molecule has 0 saturated carbocycles. The molecule has 0 aliphatic carbocycles. The van der Waals surface area contributed by atoms with Crippen LogP contribution in [0.1, 0.15) is 6.92 Å². The Morgan fingerprint density at radius 3 is 2.44 bits per heavy atom. The van der Waals surface area contributed by atoms with Crippen molar-refractivity contribution in [1.29, 1.82) is 0 Å². The molecule has 1 aromatic rings. The molecule has 0 heterocycles. The number of hydroxylamine groups is 1. The zero-order valence-corrected chi connectivity index (χ0v) is 11.5. The molecule has 0 spiro atoms. The second-order valence-electron chi connectivity index (χ2n) is 3.38. The fourth-order valence-electron chi connectivity index (χ4n) is 1.35. The highest BCUT2D eigenvalue weighted by Crippen LogP contribution is 2.47. The van der Waals surface area contributed by atoms with E-state index in [0.29, 0.717) is 5.69 Å². The van der Waals surface area contributed by atoms with Crippen LogP contribution in [0.5, 0.6) is 0 Å². The van der Waals surface area contributed by atoms with Crippen LogP contribution in [0.2, 0.25) is 0 Å². The van der Waals surface area contributed by atoms with E-state index >= 15 is 0 Å². The molecule has 18 heavy (non-hydrogen) atoms. The van der Waals surface area contributed by atoms with Gasteiger partial charge in [0.15, 0.2) is 6.04 Å². The minimum atomic E-state index is -4.38. The van der Waals surface area contributed by atoms with E-state index < -0.39 is 19.0 Å². The average molecular weight is 294 g/mol. The van der Waals surface area contributed by atoms with E-state index in [-0.39, 0.29) is 0 Å². The first kappa shape index (κ1) is 15.0. The van der Waals surface area contributed by atoms with Crippen LogP contribution in [0.15, 0.2) is 30.3 Å².